The maximum Gasteiger partial charge on any atom is 0.0645 e. The summed E-state index contributed by atoms with van der Waals surface area (Å²) in [7, 11) is 0. The summed E-state index contributed by atoms with van der Waals surface area (Å²) in [5, 5.41) is 1.29. The predicted molar refractivity (Wildman–Crippen MR) is 85.0 cm³/mol. The third-order valence-corrected chi connectivity index (χ3v) is 3.58. The molecule has 0 atom stereocenters. The van der Waals surface area contributed by atoms with Crippen molar-refractivity contribution in [2.75, 3.05) is 19.8 Å². The Hall–Kier alpha value is -1.32. The molecule has 2 aromatic rings. The van der Waals surface area contributed by atoms with E-state index in [1.165, 1.54) is 16.5 Å². The van der Waals surface area contributed by atoms with Crippen molar-refractivity contribution in [2.24, 2.45) is 11.7 Å². The van der Waals surface area contributed by atoms with Crippen LogP contribution in [0.5, 0.6) is 0 Å². The topological polar surface area (TPSA) is 40.2 Å². The Balaban J connectivity index is 1.90. The number of hydrogen-bond acceptors (Lipinski definition) is 2. The van der Waals surface area contributed by atoms with Crippen LogP contribution in [0.4, 0.5) is 0 Å². The second-order valence-corrected chi connectivity index (χ2v) is 5.74. The van der Waals surface area contributed by atoms with Gasteiger partial charge >= 0.3 is 0 Å². The Kier molecular flexibility index (Phi) is 5.62. The molecule has 3 heteroatoms. The van der Waals surface area contributed by atoms with Gasteiger partial charge in [0.1, 0.15) is 0 Å². The van der Waals surface area contributed by atoms with Gasteiger partial charge in [0.05, 0.1) is 6.61 Å². The second-order valence-electron chi connectivity index (χ2n) is 5.74. The van der Waals surface area contributed by atoms with Gasteiger partial charge in [0, 0.05) is 24.9 Å². The van der Waals surface area contributed by atoms with Gasteiger partial charge in [-0.05, 0) is 54.5 Å². The number of fused-ring (bicyclic) bond motifs is 1. The number of benzene rings is 1. The van der Waals surface area contributed by atoms with Crippen LogP contribution in [0, 0.1) is 5.92 Å². The smallest absolute Gasteiger partial charge is 0.0645 e. The van der Waals surface area contributed by atoms with Crippen LogP contribution in [0.3, 0.4) is 0 Å². The molecule has 0 amide bonds. The molecule has 1 aromatic carbocycles. The lowest BCUT2D eigenvalue weighted by molar-refractivity contribution is 0.117. The molecule has 2 rings (SSSR count). The lowest BCUT2D eigenvalue weighted by Gasteiger charge is -2.08. The van der Waals surface area contributed by atoms with Gasteiger partial charge in [-0.1, -0.05) is 19.9 Å². The Morgan fingerprint density at radius 3 is 2.80 bits per heavy atom. The number of nitrogens with zero attached hydrogens (tertiary/aromatic N) is 1. The van der Waals surface area contributed by atoms with Gasteiger partial charge in [0.25, 0.3) is 0 Å². The van der Waals surface area contributed by atoms with Crippen molar-refractivity contribution in [3.05, 3.63) is 36.0 Å². The average molecular weight is 274 g/mol. The number of aromatic nitrogens is 1. The Bertz CT molecular complexity index is 531. The first kappa shape index (κ1) is 15.1. The SMILES string of the molecule is CC(C)CCOCCn1ccc2cc(CCN)ccc21. The molecule has 0 fully saturated rings. The fraction of sp³-hybridized carbons (Fsp3) is 0.529. The minimum Gasteiger partial charge on any atom is -0.380 e. The van der Waals surface area contributed by atoms with E-state index in [1.807, 2.05) is 0 Å². The van der Waals surface area contributed by atoms with Crippen molar-refractivity contribution in [3.63, 3.8) is 0 Å². The molecule has 0 saturated carbocycles. The zero-order valence-electron chi connectivity index (χ0n) is 12.6. The van der Waals surface area contributed by atoms with E-state index in [-0.39, 0.29) is 0 Å². The third kappa shape index (κ3) is 4.09. The van der Waals surface area contributed by atoms with E-state index < -0.39 is 0 Å². The molecule has 3 nitrogen and oxygen atoms in total. The molecule has 0 saturated heterocycles. The monoisotopic (exact) mass is 274 g/mol. The zero-order valence-corrected chi connectivity index (χ0v) is 12.6. The van der Waals surface area contributed by atoms with Crippen molar-refractivity contribution in [3.8, 4) is 0 Å². The van der Waals surface area contributed by atoms with Crippen LogP contribution in [-0.4, -0.2) is 24.3 Å². The van der Waals surface area contributed by atoms with Crippen LogP contribution in [0.1, 0.15) is 25.8 Å². The van der Waals surface area contributed by atoms with Crippen LogP contribution in [0.15, 0.2) is 30.5 Å². The molecule has 110 valence electrons. The summed E-state index contributed by atoms with van der Waals surface area (Å²) < 4.78 is 7.95. The molecule has 0 radical (unpaired) electrons. The summed E-state index contributed by atoms with van der Waals surface area (Å²) in [5.41, 5.74) is 8.19. The van der Waals surface area contributed by atoms with Gasteiger partial charge in [-0.15, -0.1) is 0 Å². The third-order valence-electron chi connectivity index (χ3n) is 3.58. The second kappa shape index (κ2) is 7.46. The van der Waals surface area contributed by atoms with Crippen LogP contribution in [0.2, 0.25) is 0 Å². The lowest BCUT2D eigenvalue weighted by Crippen LogP contribution is -2.07. The number of rotatable bonds is 8. The van der Waals surface area contributed by atoms with Gasteiger partial charge in [-0.25, -0.2) is 0 Å². The molecule has 0 aliphatic carbocycles. The predicted octanol–water partition coefficient (Wildman–Crippen LogP) is 3.21. The minimum atomic E-state index is 0.704. The molecule has 0 aliphatic rings. The van der Waals surface area contributed by atoms with Gasteiger partial charge in [-0.2, -0.15) is 0 Å². The normalized spacial score (nSPS) is 11.6. The highest BCUT2D eigenvalue weighted by Crippen LogP contribution is 2.18. The van der Waals surface area contributed by atoms with Gasteiger partial charge in [0.2, 0.25) is 0 Å². The Morgan fingerprint density at radius 1 is 1.20 bits per heavy atom. The Morgan fingerprint density at radius 2 is 2.05 bits per heavy atom. The highest BCUT2D eigenvalue weighted by atomic mass is 16.5. The van der Waals surface area contributed by atoms with Crippen molar-refractivity contribution in [2.45, 2.75) is 33.2 Å². The van der Waals surface area contributed by atoms with Crippen LogP contribution in [0.25, 0.3) is 10.9 Å². The highest BCUT2D eigenvalue weighted by molar-refractivity contribution is 5.80. The molecule has 1 aromatic heterocycles. The van der Waals surface area contributed by atoms with Crippen molar-refractivity contribution < 1.29 is 4.74 Å². The fourth-order valence-corrected chi connectivity index (χ4v) is 2.35. The first-order chi connectivity index (χ1) is 9.70. The molecule has 0 aliphatic heterocycles. The van der Waals surface area contributed by atoms with Crippen LogP contribution in [-0.2, 0) is 17.7 Å². The lowest BCUT2D eigenvalue weighted by atomic mass is 10.1. The van der Waals surface area contributed by atoms with E-state index in [4.69, 9.17) is 10.5 Å². The first-order valence-electron chi connectivity index (χ1n) is 7.56. The van der Waals surface area contributed by atoms with Crippen molar-refractivity contribution in [1.29, 1.82) is 0 Å². The van der Waals surface area contributed by atoms with E-state index in [9.17, 15) is 0 Å². The van der Waals surface area contributed by atoms with E-state index in [1.54, 1.807) is 0 Å². The maximum atomic E-state index is 5.69. The molecule has 0 bridgehead atoms. The van der Waals surface area contributed by atoms with E-state index in [2.05, 4.69) is 48.9 Å². The van der Waals surface area contributed by atoms with Gasteiger partial charge in [-0.3, -0.25) is 0 Å². The summed E-state index contributed by atoms with van der Waals surface area (Å²) in [6.07, 6.45) is 4.22. The molecule has 0 spiro atoms. The standard InChI is InChI=1S/C17H26N2O/c1-14(2)7-11-20-12-10-19-9-6-16-13-15(5-8-18)3-4-17(16)19/h3-4,6,9,13-14H,5,7-8,10-12,18H2,1-2H3. The van der Waals surface area contributed by atoms with E-state index in [0.717, 1.165) is 32.6 Å². The van der Waals surface area contributed by atoms with Crippen LogP contribution >= 0.6 is 0 Å². The van der Waals surface area contributed by atoms with Crippen molar-refractivity contribution in [1.82, 2.24) is 4.57 Å². The average Bonchev–Trinajstić information content (AvgIpc) is 2.81. The zero-order chi connectivity index (χ0) is 14.4. The van der Waals surface area contributed by atoms with Crippen molar-refractivity contribution >= 4 is 10.9 Å². The van der Waals surface area contributed by atoms with E-state index in [0.29, 0.717) is 12.5 Å². The summed E-state index contributed by atoms with van der Waals surface area (Å²) in [6, 6.07) is 8.77. The summed E-state index contributed by atoms with van der Waals surface area (Å²) >= 11 is 0. The summed E-state index contributed by atoms with van der Waals surface area (Å²) in [4.78, 5) is 0. The van der Waals surface area contributed by atoms with Gasteiger partial charge in [0.15, 0.2) is 0 Å². The van der Waals surface area contributed by atoms with Crippen LogP contribution < -0.4 is 5.73 Å². The minimum absolute atomic E-state index is 0.704. The molecular weight excluding hydrogens is 248 g/mol. The number of ether oxygens (including phenoxy) is 1. The quantitative estimate of drug-likeness (QED) is 0.751. The number of nitrogens with two attached hydrogens (primary N) is 1. The van der Waals surface area contributed by atoms with E-state index >= 15 is 0 Å². The molecule has 20 heavy (non-hydrogen) atoms. The molecule has 1 heterocycles. The fourth-order valence-electron chi connectivity index (χ4n) is 2.35. The molecule has 2 N–H and O–H groups in total. The summed E-state index contributed by atoms with van der Waals surface area (Å²) in [5.74, 6) is 0.711. The Labute approximate surface area is 121 Å². The maximum absolute atomic E-state index is 5.69. The largest absolute Gasteiger partial charge is 0.380 e. The summed E-state index contributed by atoms with van der Waals surface area (Å²) in [6.45, 7) is 7.70. The highest BCUT2D eigenvalue weighted by Gasteiger charge is 2.02. The molecule has 0 unspecified atom stereocenters. The molecular formula is C17H26N2O. The van der Waals surface area contributed by atoms with Gasteiger partial charge < -0.3 is 15.0 Å². The first-order valence-corrected chi connectivity index (χ1v) is 7.56. The number of hydrogen-bond donors (Lipinski definition) is 1.